The Morgan fingerprint density at radius 3 is 1.52 bits per heavy atom. The van der Waals surface area contributed by atoms with E-state index in [1.54, 1.807) is 26.8 Å². The SMILES string of the molecule is CCCCC(CCCC)(C(=O)O)C(O)(C(=O)O)C(CCCC)(C(=O)O)C(=O)c1ccccc1. The Bertz CT molecular complexity index is 826. The van der Waals surface area contributed by atoms with Crippen LogP contribution in [0.2, 0.25) is 0 Å². The van der Waals surface area contributed by atoms with Crippen LogP contribution >= 0.6 is 0 Å². The number of aliphatic hydroxyl groups is 1. The second-order valence-electron chi connectivity index (χ2n) is 8.62. The van der Waals surface area contributed by atoms with E-state index in [4.69, 9.17) is 0 Å². The van der Waals surface area contributed by atoms with Crippen molar-refractivity contribution in [3.05, 3.63) is 35.9 Å². The lowest BCUT2D eigenvalue weighted by Crippen LogP contribution is -2.72. The maximum atomic E-state index is 13.8. The Labute approximate surface area is 194 Å². The summed E-state index contributed by atoms with van der Waals surface area (Å²) in [7, 11) is 0. The van der Waals surface area contributed by atoms with Crippen LogP contribution in [-0.4, -0.2) is 49.7 Å². The van der Waals surface area contributed by atoms with E-state index in [0.29, 0.717) is 19.3 Å². The maximum absolute atomic E-state index is 13.8. The van der Waals surface area contributed by atoms with Crippen LogP contribution in [0.15, 0.2) is 30.3 Å². The summed E-state index contributed by atoms with van der Waals surface area (Å²) in [6, 6.07) is 7.29. The third-order valence-electron chi connectivity index (χ3n) is 6.64. The zero-order valence-corrected chi connectivity index (χ0v) is 19.7. The second-order valence-corrected chi connectivity index (χ2v) is 8.62. The molecule has 0 saturated heterocycles. The molecular weight excluding hydrogens is 428 g/mol. The molecule has 0 aromatic heterocycles. The first-order valence-electron chi connectivity index (χ1n) is 11.6. The van der Waals surface area contributed by atoms with E-state index in [1.807, 2.05) is 0 Å². The summed E-state index contributed by atoms with van der Waals surface area (Å²) in [5.41, 5.74) is -8.75. The van der Waals surface area contributed by atoms with Gasteiger partial charge >= 0.3 is 17.9 Å². The molecule has 8 nitrogen and oxygen atoms in total. The van der Waals surface area contributed by atoms with Crippen LogP contribution in [0.1, 0.15) is 88.9 Å². The molecule has 0 aliphatic carbocycles. The van der Waals surface area contributed by atoms with E-state index in [0.717, 1.165) is 0 Å². The molecule has 0 amide bonds. The standard InChI is InChI=1S/C25H36O8/c1-4-7-15-23(20(27)28,16-8-5-2)25(33,22(31)32)24(21(29)30,17-9-6-3)19(26)18-13-11-10-12-14-18/h10-14,33H,4-9,15-17H2,1-3H3,(H,27,28)(H,29,30)(H,31,32). The first kappa shape index (κ1) is 28.3. The number of hydrogen-bond acceptors (Lipinski definition) is 5. The summed E-state index contributed by atoms with van der Waals surface area (Å²) >= 11 is 0. The summed E-state index contributed by atoms with van der Waals surface area (Å²) in [4.78, 5) is 52.2. The highest BCUT2D eigenvalue weighted by molar-refractivity contribution is 6.17. The fraction of sp³-hybridized carbons (Fsp3) is 0.600. The molecule has 0 saturated carbocycles. The third-order valence-corrected chi connectivity index (χ3v) is 6.64. The third kappa shape index (κ3) is 4.95. The largest absolute Gasteiger partial charge is 0.481 e. The lowest BCUT2D eigenvalue weighted by atomic mass is 9.51. The summed E-state index contributed by atoms with van der Waals surface area (Å²) in [6.45, 7) is 5.30. The smallest absolute Gasteiger partial charge is 0.338 e. The molecule has 184 valence electrons. The molecule has 8 heteroatoms. The Kier molecular flexibility index (Phi) is 10.2. The van der Waals surface area contributed by atoms with Crippen LogP contribution in [0.3, 0.4) is 0 Å². The molecule has 1 rings (SSSR count). The Hall–Kier alpha value is -2.74. The van der Waals surface area contributed by atoms with Gasteiger partial charge in [0.15, 0.2) is 11.2 Å². The van der Waals surface area contributed by atoms with Crippen LogP contribution in [0, 0.1) is 10.8 Å². The van der Waals surface area contributed by atoms with E-state index in [-0.39, 0.29) is 37.7 Å². The summed E-state index contributed by atoms with van der Waals surface area (Å²) in [5, 5.41) is 43.1. The monoisotopic (exact) mass is 464 g/mol. The molecule has 2 unspecified atom stereocenters. The molecule has 0 fully saturated rings. The number of aliphatic carboxylic acids is 3. The number of unbranched alkanes of at least 4 members (excludes halogenated alkanes) is 3. The molecule has 4 N–H and O–H groups in total. The van der Waals surface area contributed by atoms with Crippen molar-refractivity contribution in [2.75, 3.05) is 0 Å². The first-order valence-corrected chi connectivity index (χ1v) is 11.6. The minimum Gasteiger partial charge on any atom is -0.481 e. The number of carboxylic acid groups (broad SMARTS) is 3. The van der Waals surface area contributed by atoms with Crippen molar-refractivity contribution in [2.24, 2.45) is 10.8 Å². The van der Waals surface area contributed by atoms with Gasteiger partial charge in [-0.2, -0.15) is 0 Å². The van der Waals surface area contributed by atoms with Crippen LogP contribution in [-0.2, 0) is 14.4 Å². The van der Waals surface area contributed by atoms with Crippen molar-refractivity contribution in [1.82, 2.24) is 0 Å². The molecule has 0 bridgehead atoms. The second kappa shape index (κ2) is 11.9. The zero-order valence-electron chi connectivity index (χ0n) is 19.7. The number of rotatable bonds is 16. The van der Waals surface area contributed by atoms with E-state index in [2.05, 4.69) is 0 Å². The minimum atomic E-state index is -3.38. The molecule has 0 radical (unpaired) electrons. The van der Waals surface area contributed by atoms with Gasteiger partial charge in [-0.15, -0.1) is 0 Å². The Morgan fingerprint density at radius 1 is 0.697 bits per heavy atom. The van der Waals surface area contributed by atoms with Crippen LogP contribution in [0.5, 0.6) is 0 Å². The maximum Gasteiger partial charge on any atom is 0.338 e. The predicted octanol–water partition coefficient (Wildman–Crippen LogP) is 4.40. The molecule has 33 heavy (non-hydrogen) atoms. The van der Waals surface area contributed by atoms with Crippen molar-refractivity contribution >= 4 is 23.7 Å². The Balaban J connectivity index is 4.12. The van der Waals surface area contributed by atoms with Gasteiger partial charge in [-0.25, -0.2) is 4.79 Å². The number of carbonyl (C=O) groups is 4. The molecule has 2 atom stereocenters. The van der Waals surface area contributed by atoms with Gasteiger partial charge in [-0.05, 0) is 19.3 Å². The van der Waals surface area contributed by atoms with Crippen molar-refractivity contribution in [3.63, 3.8) is 0 Å². The molecule has 1 aromatic rings. The van der Waals surface area contributed by atoms with Crippen LogP contribution in [0.25, 0.3) is 0 Å². The average Bonchev–Trinajstić information content (AvgIpc) is 2.79. The number of hydrogen-bond donors (Lipinski definition) is 4. The molecule has 0 aliphatic heterocycles. The highest BCUT2D eigenvalue weighted by atomic mass is 16.4. The molecule has 1 aromatic carbocycles. The van der Waals surface area contributed by atoms with Crippen molar-refractivity contribution in [1.29, 1.82) is 0 Å². The van der Waals surface area contributed by atoms with E-state index < -0.39 is 46.5 Å². The number of ketones is 1. The van der Waals surface area contributed by atoms with Crippen LogP contribution < -0.4 is 0 Å². The fourth-order valence-electron chi connectivity index (χ4n) is 4.70. The topological polar surface area (TPSA) is 149 Å². The van der Waals surface area contributed by atoms with Gasteiger partial charge in [0.05, 0.1) is 0 Å². The predicted molar refractivity (Wildman–Crippen MR) is 122 cm³/mol. The zero-order chi connectivity index (χ0) is 25.3. The normalized spacial score (nSPS) is 15.3. The number of benzene rings is 1. The van der Waals surface area contributed by atoms with Crippen molar-refractivity contribution in [2.45, 2.75) is 84.2 Å². The molecule has 0 spiro atoms. The molecule has 0 heterocycles. The molecule has 0 aliphatic rings. The van der Waals surface area contributed by atoms with Gasteiger partial charge in [-0.3, -0.25) is 14.4 Å². The lowest BCUT2D eigenvalue weighted by Gasteiger charge is -2.50. The summed E-state index contributed by atoms with van der Waals surface area (Å²) in [6.07, 6.45) is 0.952. The van der Waals surface area contributed by atoms with Crippen LogP contribution in [0.4, 0.5) is 0 Å². The van der Waals surface area contributed by atoms with Gasteiger partial charge in [0.2, 0.25) is 5.60 Å². The Morgan fingerprint density at radius 2 is 1.15 bits per heavy atom. The first-order chi connectivity index (χ1) is 15.5. The average molecular weight is 465 g/mol. The number of Topliss-reactive ketones (excluding diaryl/α,β-unsaturated/α-hetero) is 1. The number of carbonyl (C=O) groups excluding carboxylic acids is 1. The van der Waals surface area contributed by atoms with Gasteiger partial charge < -0.3 is 20.4 Å². The van der Waals surface area contributed by atoms with Crippen molar-refractivity contribution < 1.29 is 39.6 Å². The highest BCUT2D eigenvalue weighted by Crippen LogP contribution is 2.54. The quantitative estimate of drug-likeness (QED) is 0.208. The lowest BCUT2D eigenvalue weighted by molar-refractivity contribution is -0.217. The number of carboxylic acids is 3. The fourth-order valence-corrected chi connectivity index (χ4v) is 4.70. The van der Waals surface area contributed by atoms with E-state index >= 15 is 0 Å². The van der Waals surface area contributed by atoms with Gasteiger partial charge in [0.25, 0.3) is 0 Å². The van der Waals surface area contributed by atoms with E-state index in [1.165, 1.54) is 24.3 Å². The van der Waals surface area contributed by atoms with Gasteiger partial charge in [0, 0.05) is 5.56 Å². The molecular formula is C25H36O8. The summed E-state index contributed by atoms with van der Waals surface area (Å²) in [5.74, 6) is -6.57. The van der Waals surface area contributed by atoms with E-state index in [9.17, 15) is 39.6 Å². The minimum absolute atomic E-state index is 0.0963. The highest BCUT2D eigenvalue weighted by Gasteiger charge is 2.75. The summed E-state index contributed by atoms with van der Waals surface area (Å²) < 4.78 is 0. The van der Waals surface area contributed by atoms with Gasteiger partial charge in [0.1, 0.15) is 5.41 Å². The van der Waals surface area contributed by atoms with Gasteiger partial charge in [-0.1, -0.05) is 89.6 Å². The van der Waals surface area contributed by atoms with Crippen molar-refractivity contribution in [3.8, 4) is 0 Å².